The number of aliphatic hydroxyl groups excluding tert-OH is 1. The molecule has 2 unspecified atom stereocenters. The van der Waals surface area contributed by atoms with E-state index < -0.39 is 36.8 Å². The Hall–Kier alpha value is -2.33. The summed E-state index contributed by atoms with van der Waals surface area (Å²) in [5, 5.41) is 21.7. The first-order valence-electron chi connectivity index (χ1n) is 10.2. The van der Waals surface area contributed by atoms with Gasteiger partial charge in [0, 0.05) is 35.7 Å². The second-order valence-electron chi connectivity index (χ2n) is 8.22. The Labute approximate surface area is 194 Å². The molecule has 33 heavy (non-hydrogen) atoms. The van der Waals surface area contributed by atoms with Crippen LogP contribution in [0.1, 0.15) is 17.9 Å². The number of hydrogen-bond donors (Lipinski definition) is 4. The summed E-state index contributed by atoms with van der Waals surface area (Å²) in [5.74, 6) is -1.39. The van der Waals surface area contributed by atoms with E-state index in [1.54, 1.807) is 26.0 Å². The van der Waals surface area contributed by atoms with Crippen molar-refractivity contribution in [3.63, 3.8) is 0 Å². The third-order valence-corrected chi connectivity index (χ3v) is 6.57. The number of likely N-dealkylation sites (tertiary alicyclic amines) is 1. The Bertz CT molecular complexity index is 1320. The number of aromatic hydroxyl groups is 1. The van der Waals surface area contributed by atoms with Crippen LogP contribution in [0.15, 0.2) is 39.5 Å². The van der Waals surface area contributed by atoms with Gasteiger partial charge in [0.2, 0.25) is 0 Å². The molecule has 1 fully saturated rings. The molecule has 0 radical (unpaired) electrons. The van der Waals surface area contributed by atoms with Gasteiger partial charge in [0.05, 0.1) is 11.1 Å². The molecular formula is C21H22BClNO8P. The van der Waals surface area contributed by atoms with Crippen LogP contribution < -0.4 is 15.4 Å². The maximum atomic E-state index is 13.2. The number of phenols is 1. The van der Waals surface area contributed by atoms with Crippen molar-refractivity contribution >= 4 is 43.7 Å². The van der Waals surface area contributed by atoms with E-state index in [0.29, 0.717) is 30.1 Å². The summed E-state index contributed by atoms with van der Waals surface area (Å²) in [5.41, 5.74) is 0.616. The van der Waals surface area contributed by atoms with Crippen LogP contribution in [0.3, 0.4) is 0 Å². The molecule has 2 heterocycles. The van der Waals surface area contributed by atoms with Crippen LogP contribution in [-0.2, 0) is 4.57 Å². The molecule has 2 aromatic carbocycles. The maximum absolute atomic E-state index is 13.2. The topological polar surface area (TPSA) is 141 Å². The van der Waals surface area contributed by atoms with Crippen LogP contribution in [0.4, 0.5) is 0 Å². The van der Waals surface area contributed by atoms with Crippen molar-refractivity contribution in [3.8, 4) is 22.8 Å². The molecule has 174 valence electrons. The zero-order valence-corrected chi connectivity index (χ0v) is 19.5. The lowest BCUT2D eigenvalue weighted by molar-refractivity contribution is 0.0630. The first-order valence-corrected chi connectivity index (χ1v) is 12.1. The molecular weight excluding hydrogens is 471 g/mol. The fourth-order valence-electron chi connectivity index (χ4n) is 4.36. The van der Waals surface area contributed by atoms with E-state index in [1.807, 2.05) is 11.9 Å². The Morgan fingerprint density at radius 2 is 2.03 bits per heavy atom. The van der Waals surface area contributed by atoms with Crippen LogP contribution in [0, 0.1) is 0 Å². The number of phosphoric acid groups is 1. The third-order valence-electron chi connectivity index (χ3n) is 5.82. The number of halogens is 1. The van der Waals surface area contributed by atoms with Crippen molar-refractivity contribution in [2.24, 2.45) is 0 Å². The minimum Gasteiger partial charge on any atom is -0.507 e. The average molecular weight is 494 g/mol. The van der Waals surface area contributed by atoms with E-state index in [-0.39, 0.29) is 22.3 Å². The van der Waals surface area contributed by atoms with Gasteiger partial charge >= 0.3 is 7.82 Å². The van der Waals surface area contributed by atoms with Crippen LogP contribution in [0.25, 0.3) is 22.3 Å². The van der Waals surface area contributed by atoms with E-state index in [2.05, 4.69) is 0 Å². The maximum Gasteiger partial charge on any atom is 0.524 e. The molecule has 3 aromatic rings. The van der Waals surface area contributed by atoms with Crippen molar-refractivity contribution in [2.45, 2.75) is 18.4 Å². The first kappa shape index (κ1) is 23.8. The van der Waals surface area contributed by atoms with Gasteiger partial charge in [0.15, 0.2) is 5.43 Å². The molecule has 1 saturated heterocycles. The van der Waals surface area contributed by atoms with Crippen molar-refractivity contribution < 1.29 is 33.5 Å². The van der Waals surface area contributed by atoms with Gasteiger partial charge in [-0.15, -0.1) is 0 Å². The minimum atomic E-state index is -5.05. The number of phosphoric ester groups is 1. The Morgan fingerprint density at radius 3 is 2.67 bits per heavy atom. The molecule has 0 saturated carbocycles. The number of nitrogens with zero attached hydrogens (tertiary/aromatic N) is 1. The fraction of sp³-hybridized carbons (Fsp3) is 0.286. The van der Waals surface area contributed by atoms with Crippen molar-refractivity contribution in [3.05, 3.63) is 51.1 Å². The standard InChI is InChI=1S/C21H22BClNO8P/c1-24-6-5-10(15(27)9-24)18-13(25)8-17(32-33(28,29)30)20-14(26)7-16(31-21(18)20)19-11(22)3-2-4-12(19)23/h2-4,7-8,10,15,25,27H,5-6,9,22H2,1H3,(H2,28,29,30). The highest BCUT2D eigenvalue weighted by atomic mass is 35.5. The predicted octanol–water partition coefficient (Wildman–Crippen LogP) is 1.33. The Balaban J connectivity index is 2.05. The van der Waals surface area contributed by atoms with Crippen molar-refractivity contribution in [1.29, 1.82) is 0 Å². The van der Waals surface area contributed by atoms with E-state index in [4.69, 9.17) is 20.5 Å². The molecule has 12 heteroatoms. The number of fused-ring (bicyclic) bond motifs is 1. The molecule has 0 aliphatic carbocycles. The van der Waals surface area contributed by atoms with Gasteiger partial charge in [-0.05, 0) is 26.1 Å². The van der Waals surface area contributed by atoms with Gasteiger partial charge in [0.1, 0.15) is 36.1 Å². The number of hydrogen-bond acceptors (Lipinski definition) is 7. The lowest BCUT2D eigenvalue weighted by Gasteiger charge is -2.34. The SMILES string of the molecule is Bc1cccc(Cl)c1-c1cc(=O)c2c(OP(=O)(O)O)cc(O)c(C3CCN(C)CC3O)c2o1. The van der Waals surface area contributed by atoms with Gasteiger partial charge in [-0.2, -0.15) is 0 Å². The quantitative estimate of drug-likeness (QED) is 0.313. The fourth-order valence-corrected chi connectivity index (χ4v) is 5.07. The number of piperidine rings is 1. The molecule has 1 aliphatic rings. The number of β-amino-alcohol motifs (C(OH)–C–C–N with tert-alkyl or cyclic N) is 1. The molecule has 0 bridgehead atoms. The van der Waals surface area contributed by atoms with E-state index in [0.717, 1.165) is 17.6 Å². The Kier molecular flexibility index (Phi) is 6.35. The molecule has 1 aliphatic heterocycles. The summed E-state index contributed by atoms with van der Waals surface area (Å²) in [4.78, 5) is 33.8. The van der Waals surface area contributed by atoms with Gasteiger partial charge in [-0.25, -0.2) is 4.57 Å². The number of aliphatic hydroxyl groups is 1. The summed E-state index contributed by atoms with van der Waals surface area (Å²) in [6.45, 7) is 0.955. The van der Waals surface area contributed by atoms with Crippen molar-refractivity contribution in [2.75, 3.05) is 20.1 Å². The molecule has 4 N–H and O–H groups in total. The average Bonchev–Trinajstić information content (AvgIpc) is 2.67. The second-order valence-corrected chi connectivity index (χ2v) is 9.80. The van der Waals surface area contributed by atoms with Crippen LogP contribution >= 0.6 is 19.4 Å². The monoisotopic (exact) mass is 493 g/mol. The summed E-state index contributed by atoms with van der Waals surface area (Å²) in [7, 11) is -1.41. The summed E-state index contributed by atoms with van der Waals surface area (Å²) < 4.78 is 22.3. The molecule has 2 atom stereocenters. The number of likely N-dealkylation sites (N-methyl/N-ethyl adjacent to an activating group) is 1. The van der Waals surface area contributed by atoms with Gasteiger partial charge < -0.3 is 24.1 Å². The third kappa shape index (κ3) is 4.68. The highest BCUT2D eigenvalue weighted by molar-refractivity contribution is 7.46. The largest absolute Gasteiger partial charge is 0.524 e. The first-order chi connectivity index (χ1) is 15.5. The van der Waals surface area contributed by atoms with Crippen LogP contribution in [0.2, 0.25) is 5.02 Å². The molecule has 0 amide bonds. The zero-order chi connectivity index (χ0) is 24.1. The van der Waals surface area contributed by atoms with Gasteiger partial charge in [0.25, 0.3) is 0 Å². The summed E-state index contributed by atoms with van der Waals surface area (Å²) >= 11 is 6.36. The summed E-state index contributed by atoms with van der Waals surface area (Å²) in [6, 6.07) is 7.31. The number of phenolic OH excluding ortho intramolecular Hbond substituents is 1. The highest BCUT2D eigenvalue weighted by Gasteiger charge is 2.34. The van der Waals surface area contributed by atoms with Crippen molar-refractivity contribution in [1.82, 2.24) is 4.90 Å². The Morgan fingerprint density at radius 1 is 1.30 bits per heavy atom. The lowest BCUT2D eigenvalue weighted by atomic mass is 9.85. The second kappa shape index (κ2) is 8.79. The van der Waals surface area contributed by atoms with E-state index >= 15 is 0 Å². The molecule has 0 spiro atoms. The van der Waals surface area contributed by atoms with Crippen LogP contribution in [0.5, 0.6) is 11.5 Å². The zero-order valence-electron chi connectivity index (χ0n) is 17.9. The number of rotatable bonds is 4. The molecule has 1 aromatic heterocycles. The normalized spacial score (nSPS) is 19.7. The van der Waals surface area contributed by atoms with Crippen LogP contribution in [-0.4, -0.2) is 59.0 Å². The number of benzene rings is 2. The van der Waals surface area contributed by atoms with E-state index in [9.17, 15) is 29.4 Å². The predicted molar refractivity (Wildman–Crippen MR) is 126 cm³/mol. The smallest absolute Gasteiger partial charge is 0.507 e. The van der Waals surface area contributed by atoms with Gasteiger partial charge in [-0.3, -0.25) is 14.6 Å². The molecule has 4 rings (SSSR count). The lowest BCUT2D eigenvalue weighted by Crippen LogP contribution is -2.40. The van der Waals surface area contributed by atoms with E-state index in [1.165, 1.54) is 0 Å². The minimum absolute atomic E-state index is 0.117. The summed E-state index contributed by atoms with van der Waals surface area (Å²) in [6.07, 6.45) is -0.416. The molecule has 9 nitrogen and oxygen atoms in total. The van der Waals surface area contributed by atoms with Gasteiger partial charge in [-0.1, -0.05) is 29.2 Å². The highest BCUT2D eigenvalue weighted by Crippen LogP contribution is 2.47.